The lowest BCUT2D eigenvalue weighted by Crippen LogP contribution is -2.24. The monoisotopic (exact) mass is 252 g/mol. The molecule has 4 nitrogen and oxygen atoms in total. The van der Waals surface area contributed by atoms with Gasteiger partial charge in [-0.3, -0.25) is 4.68 Å². The van der Waals surface area contributed by atoms with Gasteiger partial charge >= 0.3 is 0 Å². The first-order valence-electron chi connectivity index (χ1n) is 5.69. The van der Waals surface area contributed by atoms with E-state index in [2.05, 4.69) is 15.6 Å². The van der Waals surface area contributed by atoms with Crippen molar-refractivity contribution >= 4 is 0 Å². The molecule has 6 heteroatoms. The first kappa shape index (κ1) is 12.6. The fraction of sp³-hybridized carbons (Fsp3) is 0.333. The van der Waals surface area contributed by atoms with Crippen LogP contribution in [0.3, 0.4) is 0 Å². The van der Waals surface area contributed by atoms with Crippen molar-refractivity contribution in [2.75, 3.05) is 6.54 Å². The number of hydrogen-bond acceptors (Lipinski definition) is 3. The van der Waals surface area contributed by atoms with Crippen LogP contribution in [-0.2, 0) is 6.54 Å². The summed E-state index contributed by atoms with van der Waals surface area (Å²) in [5.74, 6) is -0.839. The second-order valence-electron chi connectivity index (χ2n) is 4.01. The maximum Gasteiger partial charge on any atom is 0.128 e. The van der Waals surface area contributed by atoms with Crippen LogP contribution in [-0.4, -0.2) is 21.5 Å². The van der Waals surface area contributed by atoms with E-state index in [9.17, 15) is 8.78 Å². The minimum Gasteiger partial charge on any atom is -0.308 e. The molecule has 96 valence electrons. The van der Waals surface area contributed by atoms with E-state index in [1.807, 2.05) is 0 Å². The summed E-state index contributed by atoms with van der Waals surface area (Å²) in [4.78, 5) is 0. The fourth-order valence-corrected chi connectivity index (χ4v) is 1.70. The van der Waals surface area contributed by atoms with Gasteiger partial charge in [0.2, 0.25) is 0 Å². The summed E-state index contributed by atoms with van der Waals surface area (Å²) in [5.41, 5.74) is 0.327. The normalized spacial score (nSPS) is 12.6. The molecule has 0 saturated heterocycles. The topological polar surface area (TPSA) is 42.7 Å². The SMILES string of the molecule is CC(NCCn1ccnn1)c1cc(F)ccc1F. The molecule has 0 saturated carbocycles. The lowest BCUT2D eigenvalue weighted by molar-refractivity contribution is 0.480. The van der Waals surface area contributed by atoms with E-state index in [-0.39, 0.29) is 6.04 Å². The summed E-state index contributed by atoms with van der Waals surface area (Å²) in [6.45, 7) is 3.01. The number of nitrogens with one attached hydrogen (secondary N) is 1. The minimum atomic E-state index is -0.434. The molecule has 0 aliphatic rings. The van der Waals surface area contributed by atoms with Crippen LogP contribution in [0.15, 0.2) is 30.6 Å². The summed E-state index contributed by atoms with van der Waals surface area (Å²) in [6, 6.07) is 3.20. The van der Waals surface area contributed by atoms with Crippen LogP contribution in [0.2, 0.25) is 0 Å². The standard InChI is InChI=1S/C12H14F2N4/c1-9(11-8-10(13)2-3-12(11)14)15-4-6-18-7-5-16-17-18/h2-3,5,7-9,15H,4,6H2,1H3. The van der Waals surface area contributed by atoms with Crippen LogP contribution in [0.1, 0.15) is 18.5 Å². The molecule has 2 rings (SSSR count). The summed E-state index contributed by atoms with van der Waals surface area (Å²) >= 11 is 0. The molecule has 1 atom stereocenters. The van der Waals surface area contributed by atoms with Gasteiger partial charge in [-0.05, 0) is 25.1 Å². The first-order chi connectivity index (χ1) is 8.66. The third-order valence-electron chi connectivity index (χ3n) is 2.69. The number of hydrogen-bond donors (Lipinski definition) is 1. The van der Waals surface area contributed by atoms with E-state index in [4.69, 9.17) is 0 Å². The highest BCUT2D eigenvalue weighted by atomic mass is 19.1. The molecular weight excluding hydrogens is 238 g/mol. The molecule has 1 N–H and O–H groups in total. The average Bonchev–Trinajstić information content (AvgIpc) is 2.85. The number of nitrogens with zero attached hydrogens (tertiary/aromatic N) is 3. The first-order valence-corrected chi connectivity index (χ1v) is 5.69. The summed E-state index contributed by atoms with van der Waals surface area (Å²) in [7, 11) is 0. The van der Waals surface area contributed by atoms with Gasteiger partial charge in [-0.25, -0.2) is 8.78 Å². The van der Waals surface area contributed by atoms with Crippen LogP contribution in [0.25, 0.3) is 0 Å². The van der Waals surface area contributed by atoms with E-state index in [0.717, 1.165) is 12.1 Å². The number of aromatic nitrogens is 3. The van der Waals surface area contributed by atoms with E-state index >= 15 is 0 Å². The van der Waals surface area contributed by atoms with E-state index in [1.165, 1.54) is 6.07 Å². The minimum absolute atomic E-state index is 0.260. The smallest absolute Gasteiger partial charge is 0.128 e. The zero-order valence-electron chi connectivity index (χ0n) is 9.98. The molecule has 0 aliphatic heterocycles. The van der Waals surface area contributed by atoms with E-state index in [0.29, 0.717) is 18.7 Å². The van der Waals surface area contributed by atoms with Crippen LogP contribution in [0.5, 0.6) is 0 Å². The van der Waals surface area contributed by atoms with Crippen molar-refractivity contribution in [2.24, 2.45) is 0 Å². The molecule has 0 aliphatic carbocycles. The fourth-order valence-electron chi connectivity index (χ4n) is 1.70. The zero-order chi connectivity index (χ0) is 13.0. The van der Waals surface area contributed by atoms with Gasteiger partial charge in [-0.15, -0.1) is 5.10 Å². The Hall–Kier alpha value is -1.82. The quantitative estimate of drug-likeness (QED) is 0.884. The highest BCUT2D eigenvalue weighted by Crippen LogP contribution is 2.17. The molecule has 0 fully saturated rings. The lowest BCUT2D eigenvalue weighted by atomic mass is 10.1. The summed E-state index contributed by atoms with van der Waals surface area (Å²) < 4.78 is 28.2. The summed E-state index contributed by atoms with van der Waals surface area (Å²) in [6.07, 6.45) is 3.34. The van der Waals surface area contributed by atoms with Gasteiger partial charge < -0.3 is 5.32 Å². The number of rotatable bonds is 5. The van der Waals surface area contributed by atoms with E-state index < -0.39 is 11.6 Å². The van der Waals surface area contributed by atoms with E-state index in [1.54, 1.807) is 24.0 Å². The Morgan fingerprint density at radius 1 is 1.39 bits per heavy atom. The molecule has 0 spiro atoms. The molecule has 0 radical (unpaired) electrons. The maximum atomic E-state index is 13.5. The molecule has 1 aromatic carbocycles. The number of halogens is 2. The molecule has 1 heterocycles. The van der Waals surface area contributed by atoms with Crippen molar-refractivity contribution in [2.45, 2.75) is 19.5 Å². The Morgan fingerprint density at radius 3 is 2.94 bits per heavy atom. The van der Waals surface area contributed by atoms with Crippen molar-refractivity contribution in [1.82, 2.24) is 20.3 Å². The van der Waals surface area contributed by atoms with Gasteiger partial charge in [0, 0.05) is 24.3 Å². The number of benzene rings is 1. The largest absolute Gasteiger partial charge is 0.308 e. The Morgan fingerprint density at radius 2 is 2.22 bits per heavy atom. The Kier molecular flexibility index (Phi) is 3.99. The van der Waals surface area contributed by atoms with Crippen LogP contribution in [0, 0.1) is 11.6 Å². The molecular formula is C12H14F2N4. The van der Waals surface area contributed by atoms with Crippen molar-refractivity contribution < 1.29 is 8.78 Å². The third-order valence-corrected chi connectivity index (χ3v) is 2.69. The average molecular weight is 252 g/mol. The van der Waals surface area contributed by atoms with Crippen LogP contribution in [0.4, 0.5) is 8.78 Å². The highest BCUT2D eigenvalue weighted by Gasteiger charge is 2.11. The summed E-state index contributed by atoms with van der Waals surface area (Å²) in [5, 5.41) is 10.6. The molecule has 0 bridgehead atoms. The lowest BCUT2D eigenvalue weighted by Gasteiger charge is -2.15. The molecule has 1 unspecified atom stereocenters. The van der Waals surface area contributed by atoms with Crippen molar-refractivity contribution in [3.63, 3.8) is 0 Å². The molecule has 0 amide bonds. The predicted molar refractivity (Wildman–Crippen MR) is 62.8 cm³/mol. The molecule has 1 aromatic heterocycles. The zero-order valence-corrected chi connectivity index (χ0v) is 9.98. The van der Waals surface area contributed by atoms with Gasteiger partial charge in [-0.2, -0.15) is 0 Å². The predicted octanol–water partition coefficient (Wildman–Crippen LogP) is 1.91. The van der Waals surface area contributed by atoms with Crippen LogP contribution < -0.4 is 5.32 Å². The van der Waals surface area contributed by atoms with Crippen LogP contribution >= 0.6 is 0 Å². The van der Waals surface area contributed by atoms with Crippen molar-refractivity contribution in [3.05, 3.63) is 47.8 Å². The highest BCUT2D eigenvalue weighted by molar-refractivity contribution is 5.21. The van der Waals surface area contributed by atoms with Gasteiger partial charge in [0.15, 0.2) is 0 Å². The van der Waals surface area contributed by atoms with Gasteiger partial charge in [0.1, 0.15) is 11.6 Å². The van der Waals surface area contributed by atoms with Crippen molar-refractivity contribution in [1.29, 1.82) is 0 Å². The Labute approximate surface area is 104 Å². The molecule has 2 aromatic rings. The second-order valence-corrected chi connectivity index (χ2v) is 4.01. The third kappa shape index (κ3) is 3.10. The Balaban J connectivity index is 1.91. The van der Waals surface area contributed by atoms with Crippen molar-refractivity contribution in [3.8, 4) is 0 Å². The Bertz CT molecular complexity index is 499. The van der Waals surface area contributed by atoms with Gasteiger partial charge in [0.25, 0.3) is 0 Å². The molecule has 18 heavy (non-hydrogen) atoms. The van der Waals surface area contributed by atoms with Gasteiger partial charge in [0.05, 0.1) is 12.7 Å². The maximum absolute atomic E-state index is 13.5. The van der Waals surface area contributed by atoms with Gasteiger partial charge in [-0.1, -0.05) is 5.21 Å². The second kappa shape index (κ2) is 5.68.